The maximum atomic E-state index is 13.4. The lowest BCUT2D eigenvalue weighted by Crippen LogP contribution is -2.20. The van der Waals surface area contributed by atoms with E-state index >= 15 is 0 Å². The van der Waals surface area contributed by atoms with Crippen molar-refractivity contribution >= 4 is 33.3 Å². The van der Waals surface area contributed by atoms with E-state index < -0.39 is 17.6 Å². The number of phenolic OH excluding ortho intramolecular Hbond substituents is 1. The number of aromatic hydroxyl groups is 1. The minimum atomic E-state index is -0.813. The summed E-state index contributed by atoms with van der Waals surface area (Å²) >= 11 is 3.10. The van der Waals surface area contributed by atoms with Crippen molar-refractivity contribution in [2.24, 2.45) is 0 Å². The molecule has 2 rings (SSSR count). The number of carbonyl (C=O) groups excluding carboxylic acids is 1. The number of halogens is 2. The molecule has 6 heteroatoms. The normalized spacial score (nSPS) is 10.3. The number of hydrogen-bond donors (Lipinski definition) is 3. The van der Waals surface area contributed by atoms with E-state index in [2.05, 4.69) is 26.6 Å². The second kappa shape index (κ2) is 6.13. The summed E-state index contributed by atoms with van der Waals surface area (Å²) in [6, 6.07) is 7.62. The third kappa shape index (κ3) is 3.52. The topological polar surface area (TPSA) is 61.4 Å². The van der Waals surface area contributed by atoms with Gasteiger partial charge in [0.05, 0.1) is 5.69 Å². The molecule has 0 saturated carbocycles. The largest absolute Gasteiger partial charge is 0.503 e. The molecule has 0 aromatic heterocycles. The molecule has 2 aromatic rings. The van der Waals surface area contributed by atoms with Crippen LogP contribution in [0.25, 0.3) is 0 Å². The smallest absolute Gasteiger partial charge is 0.323 e. The van der Waals surface area contributed by atoms with E-state index in [0.717, 1.165) is 17.2 Å². The molecule has 21 heavy (non-hydrogen) atoms. The molecule has 0 saturated heterocycles. The fraction of sp³-hybridized carbons (Fsp3) is 0.133. The number of rotatable bonds is 2. The summed E-state index contributed by atoms with van der Waals surface area (Å²) in [7, 11) is 0. The van der Waals surface area contributed by atoms with Crippen LogP contribution in [0.3, 0.4) is 0 Å². The maximum Gasteiger partial charge on any atom is 0.323 e. The molecule has 0 fully saturated rings. The lowest BCUT2D eigenvalue weighted by molar-refractivity contribution is 0.262. The molecule has 0 aliphatic heterocycles. The van der Waals surface area contributed by atoms with Crippen LogP contribution < -0.4 is 10.6 Å². The minimum absolute atomic E-state index is 0.00869. The van der Waals surface area contributed by atoms with E-state index in [0.29, 0.717) is 10.2 Å². The Hall–Kier alpha value is -2.08. The van der Waals surface area contributed by atoms with Gasteiger partial charge in [-0.2, -0.15) is 0 Å². The number of nitrogens with one attached hydrogen (secondary N) is 2. The Morgan fingerprint density at radius 1 is 1.19 bits per heavy atom. The number of amides is 2. The quantitative estimate of drug-likeness (QED) is 0.694. The number of benzene rings is 2. The molecule has 2 amide bonds. The Morgan fingerprint density at radius 3 is 2.43 bits per heavy atom. The molecule has 3 N–H and O–H groups in total. The standard InChI is InChI=1S/C15H14BrFN2O2/c1-8-4-3-5-9(2)13(8)19-15(21)18-12-7-10(16)6-11(17)14(12)20/h3-7,20H,1-2H3,(H2,18,19,21). The highest BCUT2D eigenvalue weighted by molar-refractivity contribution is 9.10. The van der Waals surface area contributed by atoms with Gasteiger partial charge in [-0.05, 0) is 37.1 Å². The Balaban J connectivity index is 2.20. The van der Waals surface area contributed by atoms with Crippen LogP contribution in [0.15, 0.2) is 34.8 Å². The first kappa shape index (κ1) is 15.3. The van der Waals surface area contributed by atoms with Crippen molar-refractivity contribution in [2.45, 2.75) is 13.8 Å². The minimum Gasteiger partial charge on any atom is -0.503 e. The first-order chi connectivity index (χ1) is 9.88. The van der Waals surface area contributed by atoms with E-state index in [1.165, 1.54) is 6.07 Å². The van der Waals surface area contributed by atoms with Crippen molar-refractivity contribution in [1.29, 1.82) is 0 Å². The van der Waals surface area contributed by atoms with Crippen molar-refractivity contribution in [3.63, 3.8) is 0 Å². The molecule has 4 nitrogen and oxygen atoms in total. The van der Waals surface area contributed by atoms with Crippen LogP contribution in [-0.2, 0) is 0 Å². The zero-order chi connectivity index (χ0) is 15.6. The first-order valence-corrected chi connectivity index (χ1v) is 7.00. The fourth-order valence-electron chi connectivity index (χ4n) is 1.94. The molecule has 110 valence electrons. The summed E-state index contributed by atoms with van der Waals surface area (Å²) in [6.07, 6.45) is 0. The molecule has 0 heterocycles. The SMILES string of the molecule is Cc1cccc(C)c1NC(=O)Nc1cc(Br)cc(F)c1O. The van der Waals surface area contributed by atoms with E-state index in [1.54, 1.807) is 0 Å². The van der Waals surface area contributed by atoms with E-state index in [9.17, 15) is 14.3 Å². The van der Waals surface area contributed by atoms with Gasteiger partial charge in [0.25, 0.3) is 0 Å². The van der Waals surface area contributed by atoms with Crippen molar-refractivity contribution in [2.75, 3.05) is 10.6 Å². The zero-order valence-electron chi connectivity index (χ0n) is 11.5. The maximum absolute atomic E-state index is 13.4. The molecule has 0 bridgehead atoms. The summed E-state index contributed by atoms with van der Waals surface area (Å²) in [5, 5.41) is 14.7. The Kier molecular flexibility index (Phi) is 4.47. The van der Waals surface area contributed by atoms with Crippen LogP contribution in [0.2, 0.25) is 0 Å². The van der Waals surface area contributed by atoms with Gasteiger partial charge in [-0.25, -0.2) is 9.18 Å². The van der Waals surface area contributed by atoms with Crippen molar-refractivity contribution < 1.29 is 14.3 Å². The predicted molar refractivity (Wildman–Crippen MR) is 84.3 cm³/mol. The van der Waals surface area contributed by atoms with Gasteiger partial charge < -0.3 is 15.7 Å². The third-order valence-electron chi connectivity index (χ3n) is 3.00. The van der Waals surface area contributed by atoms with Gasteiger partial charge in [0, 0.05) is 10.2 Å². The zero-order valence-corrected chi connectivity index (χ0v) is 13.1. The van der Waals surface area contributed by atoms with Gasteiger partial charge in [-0.15, -0.1) is 0 Å². The summed E-state index contributed by atoms with van der Waals surface area (Å²) in [4.78, 5) is 12.0. The van der Waals surface area contributed by atoms with Crippen LogP contribution in [0.4, 0.5) is 20.6 Å². The average molecular weight is 353 g/mol. The average Bonchev–Trinajstić information content (AvgIpc) is 2.40. The lowest BCUT2D eigenvalue weighted by atomic mass is 10.1. The fourth-order valence-corrected chi connectivity index (χ4v) is 2.37. The number of hydrogen-bond acceptors (Lipinski definition) is 2. The Labute approximate surface area is 130 Å². The highest BCUT2D eigenvalue weighted by Crippen LogP contribution is 2.30. The summed E-state index contributed by atoms with van der Waals surface area (Å²) in [5.74, 6) is -1.42. The monoisotopic (exact) mass is 352 g/mol. The highest BCUT2D eigenvalue weighted by Gasteiger charge is 2.13. The summed E-state index contributed by atoms with van der Waals surface area (Å²) in [6.45, 7) is 3.75. The molecule has 0 unspecified atom stereocenters. The molecule has 0 spiro atoms. The van der Waals surface area contributed by atoms with Gasteiger partial charge in [0.1, 0.15) is 0 Å². The van der Waals surface area contributed by atoms with E-state index in [1.807, 2.05) is 32.0 Å². The number of phenols is 1. The number of aryl methyl sites for hydroxylation is 2. The molecular formula is C15H14BrFN2O2. The second-order valence-electron chi connectivity index (χ2n) is 4.63. The van der Waals surface area contributed by atoms with Gasteiger partial charge >= 0.3 is 6.03 Å². The van der Waals surface area contributed by atoms with Crippen molar-refractivity contribution in [1.82, 2.24) is 0 Å². The van der Waals surface area contributed by atoms with Crippen molar-refractivity contribution in [3.05, 3.63) is 51.7 Å². The lowest BCUT2D eigenvalue weighted by Gasteiger charge is -2.13. The summed E-state index contributed by atoms with van der Waals surface area (Å²) in [5.41, 5.74) is 2.50. The number of para-hydroxylation sites is 1. The van der Waals surface area contributed by atoms with Crippen LogP contribution in [0, 0.1) is 19.7 Å². The molecular weight excluding hydrogens is 339 g/mol. The van der Waals surface area contributed by atoms with Gasteiger partial charge in [0.15, 0.2) is 11.6 Å². The van der Waals surface area contributed by atoms with Crippen molar-refractivity contribution in [3.8, 4) is 5.75 Å². The van der Waals surface area contributed by atoms with Crippen LogP contribution >= 0.6 is 15.9 Å². The molecule has 2 aromatic carbocycles. The van der Waals surface area contributed by atoms with Crippen LogP contribution in [-0.4, -0.2) is 11.1 Å². The predicted octanol–water partition coefficient (Wildman–Crippen LogP) is 4.55. The molecule has 0 aliphatic rings. The molecule has 0 atom stereocenters. The van der Waals surface area contributed by atoms with Crippen LogP contribution in [0.1, 0.15) is 11.1 Å². The highest BCUT2D eigenvalue weighted by atomic mass is 79.9. The molecule has 0 radical (unpaired) electrons. The molecule has 0 aliphatic carbocycles. The number of urea groups is 1. The number of carbonyl (C=O) groups is 1. The van der Waals surface area contributed by atoms with Gasteiger partial charge in [-0.1, -0.05) is 34.1 Å². The first-order valence-electron chi connectivity index (χ1n) is 6.20. The Morgan fingerprint density at radius 2 is 1.81 bits per heavy atom. The Bertz CT molecular complexity index is 684. The second-order valence-corrected chi connectivity index (χ2v) is 5.55. The van der Waals surface area contributed by atoms with Crippen LogP contribution in [0.5, 0.6) is 5.75 Å². The van der Waals surface area contributed by atoms with E-state index in [4.69, 9.17) is 0 Å². The van der Waals surface area contributed by atoms with Gasteiger partial charge in [0.2, 0.25) is 0 Å². The van der Waals surface area contributed by atoms with E-state index in [-0.39, 0.29) is 5.69 Å². The third-order valence-corrected chi connectivity index (χ3v) is 3.45. The summed E-state index contributed by atoms with van der Waals surface area (Å²) < 4.78 is 13.8. The number of anilines is 2. The van der Waals surface area contributed by atoms with Gasteiger partial charge in [-0.3, -0.25) is 0 Å².